The number of nitrogens with zero attached hydrogens (tertiary/aromatic N) is 2. The summed E-state index contributed by atoms with van der Waals surface area (Å²) in [5.41, 5.74) is 2.97. The Bertz CT molecular complexity index is 1020. The first-order chi connectivity index (χ1) is 16.4. The van der Waals surface area contributed by atoms with Gasteiger partial charge in [0.25, 0.3) is 0 Å². The number of ether oxygens (including phenoxy) is 2. The minimum Gasteiger partial charge on any atom is -0.502 e. The van der Waals surface area contributed by atoms with Crippen molar-refractivity contribution in [3.63, 3.8) is 0 Å². The summed E-state index contributed by atoms with van der Waals surface area (Å²) in [5.74, 6) is 0.733. The Morgan fingerprint density at radius 1 is 0.941 bits per heavy atom. The van der Waals surface area contributed by atoms with Crippen LogP contribution in [0.3, 0.4) is 0 Å². The van der Waals surface area contributed by atoms with E-state index in [0.29, 0.717) is 23.6 Å². The average molecular weight is 475 g/mol. The number of hydrogen-bond acceptors (Lipinski definition) is 10. The van der Waals surface area contributed by atoms with Crippen molar-refractivity contribution >= 4 is 5.69 Å². The van der Waals surface area contributed by atoms with E-state index in [0.717, 1.165) is 11.3 Å². The monoisotopic (exact) mass is 474 g/mol. The van der Waals surface area contributed by atoms with Gasteiger partial charge in [-0.15, -0.1) is 0 Å². The Kier molecular flexibility index (Phi) is 8.72. The SMILES string of the molecule is COc1cc(-c2nc(Cc3ccc(N(CC(O)CO)CC(O)CO)cc3)co2)cc(OC)c1O. The van der Waals surface area contributed by atoms with Gasteiger partial charge in [-0.1, -0.05) is 12.1 Å². The maximum atomic E-state index is 10.1. The predicted octanol–water partition coefficient (Wildman–Crippen LogP) is 1.17. The molecule has 0 radical (unpaired) electrons. The van der Waals surface area contributed by atoms with Gasteiger partial charge in [0.1, 0.15) is 6.26 Å². The van der Waals surface area contributed by atoms with Crippen LogP contribution in [0.15, 0.2) is 47.1 Å². The molecule has 184 valence electrons. The summed E-state index contributed by atoms with van der Waals surface area (Å²) in [4.78, 5) is 6.22. The number of aromatic hydroxyl groups is 1. The third kappa shape index (κ3) is 6.17. The molecular formula is C24H30N2O8. The molecule has 0 aliphatic heterocycles. The fourth-order valence-corrected chi connectivity index (χ4v) is 3.48. The summed E-state index contributed by atoms with van der Waals surface area (Å²) in [5, 5.41) is 48.0. The molecular weight excluding hydrogens is 444 g/mol. The molecule has 0 bridgehead atoms. The summed E-state index contributed by atoms with van der Waals surface area (Å²) in [6.07, 6.45) is 0.0955. The van der Waals surface area contributed by atoms with E-state index in [-0.39, 0.29) is 30.3 Å². The second kappa shape index (κ2) is 11.7. The molecule has 1 heterocycles. The quantitative estimate of drug-likeness (QED) is 0.259. The van der Waals surface area contributed by atoms with E-state index in [9.17, 15) is 15.3 Å². The lowest BCUT2D eigenvalue weighted by Gasteiger charge is -2.28. The Hall–Kier alpha value is -3.31. The van der Waals surface area contributed by atoms with Gasteiger partial charge < -0.3 is 44.3 Å². The first-order valence-electron chi connectivity index (χ1n) is 10.7. The molecule has 3 aromatic rings. The maximum absolute atomic E-state index is 10.1. The van der Waals surface area contributed by atoms with Crippen LogP contribution in [0.25, 0.3) is 11.5 Å². The zero-order chi connectivity index (χ0) is 24.7. The van der Waals surface area contributed by atoms with E-state index in [4.69, 9.17) is 24.1 Å². The highest BCUT2D eigenvalue weighted by atomic mass is 16.5. The van der Waals surface area contributed by atoms with Crippen LogP contribution in [0.1, 0.15) is 11.3 Å². The fraction of sp³-hybridized carbons (Fsp3) is 0.375. The molecule has 0 aliphatic rings. The van der Waals surface area contributed by atoms with E-state index in [2.05, 4.69) is 4.98 Å². The van der Waals surface area contributed by atoms with Gasteiger partial charge >= 0.3 is 0 Å². The van der Waals surface area contributed by atoms with Crippen LogP contribution < -0.4 is 14.4 Å². The van der Waals surface area contributed by atoms with Crippen molar-refractivity contribution in [2.75, 3.05) is 45.4 Å². The van der Waals surface area contributed by atoms with Crippen LogP contribution >= 0.6 is 0 Å². The minimum absolute atomic E-state index is 0.104. The number of aromatic nitrogens is 1. The standard InChI is InChI=1S/C24H30N2O8/c1-32-21-8-16(9-22(33-2)23(21)31)24-25-17(14-34-24)7-15-3-5-18(6-4-15)26(10-19(29)12-27)11-20(30)13-28/h3-6,8-9,14,19-20,27-31H,7,10-13H2,1-2H3. The molecule has 2 unspecified atom stereocenters. The summed E-state index contributed by atoms with van der Waals surface area (Å²) in [7, 11) is 2.89. The van der Waals surface area contributed by atoms with Crippen LogP contribution in [0, 0.1) is 0 Å². The van der Waals surface area contributed by atoms with E-state index < -0.39 is 25.4 Å². The Balaban J connectivity index is 1.75. The van der Waals surface area contributed by atoms with Crippen LogP contribution in [0.4, 0.5) is 5.69 Å². The Labute approximate surface area is 197 Å². The molecule has 0 spiro atoms. The molecule has 10 heteroatoms. The fourth-order valence-electron chi connectivity index (χ4n) is 3.48. The van der Waals surface area contributed by atoms with Crippen LogP contribution in [-0.4, -0.2) is 83.2 Å². The third-order valence-electron chi connectivity index (χ3n) is 5.25. The largest absolute Gasteiger partial charge is 0.502 e. The Morgan fingerprint density at radius 3 is 2.00 bits per heavy atom. The highest BCUT2D eigenvalue weighted by Crippen LogP contribution is 2.40. The molecule has 0 aliphatic carbocycles. The number of rotatable bonds is 12. The van der Waals surface area contributed by atoms with Gasteiger partial charge in [0.05, 0.1) is 45.3 Å². The molecule has 0 saturated heterocycles. The lowest BCUT2D eigenvalue weighted by atomic mass is 10.1. The van der Waals surface area contributed by atoms with Gasteiger partial charge in [-0.3, -0.25) is 0 Å². The summed E-state index contributed by atoms with van der Waals surface area (Å²) in [6.45, 7) is -0.591. The van der Waals surface area contributed by atoms with Crippen molar-refractivity contribution in [2.24, 2.45) is 0 Å². The van der Waals surface area contributed by atoms with Crippen molar-refractivity contribution in [2.45, 2.75) is 18.6 Å². The van der Waals surface area contributed by atoms with Crippen molar-refractivity contribution < 1.29 is 39.4 Å². The second-order valence-electron chi connectivity index (χ2n) is 7.79. The van der Waals surface area contributed by atoms with E-state index >= 15 is 0 Å². The molecule has 10 nitrogen and oxygen atoms in total. The lowest BCUT2D eigenvalue weighted by molar-refractivity contribution is 0.0839. The molecule has 5 N–H and O–H groups in total. The average Bonchev–Trinajstić information content (AvgIpc) is 3.32. The van der Waals surface area contributed by atoms with Crippen LogP contribution in [-0.2, 0) is 6.42 Å². The van der Waals surface area contributed by atoms with E-state index in [1.807, 2.05) is 24.3 Å². The van der Waals surface area contributed by atoms with Crippen molar-refractivity contribution in [3.05, 3.63) is 53.9 Å². The number of aliphatic hydroxyl groups excluding tert-OH is 4. The molecule has 1 aromatic heterocycles. The molecule has 34 heavy (non-hydrogen) atoms. The van der Waals surface area contributed by atoms with Gasteiger partial charge in [-0.25, -0.2) is 4.98 Å². The van der Waals surface area contributed by atoms with Gasteiger partial charge in [0, 0.05) is 30.8 Å². The highest BCUT2D eigenvalue weighted by Gasteiger charge is 2.17. The summed E-state index contributed by atoms with van der Waals surface area (Å²) >= 11 is 0. The normalized spacial score (nSPS) is 12.9. The van der Waals surface area contributed by atoms with Crippen molar-refractivity contribution in [1.82, 2.24) is 4.98 Å². The summed E-state index contributed by atoms with van der Waals surface area (Å²) < 4.78 is 16.0. The lowest BCUT2D eigenvalue weighted by Crippen LogP contribution is -2.40. The number of phenols is 1. The first kappa shape index (κ1) is 25.3. The molecule has 2 aromatic carbocycles. The molecule has 3 rings (SSSR count). The number of phenolic OH excluding ortho intramolecular Hbond substituents is 1. The molecule has 2 atom stereocenters. The van der Waals surface area contributed by atoms with Crippen molar-refractivity contribution in [1.29, 1.82) is 0 Å². The van der Waals surface area contributed by atoms with Gasteiger partial charge in [0.15, 0.2) is 11.5 Å². The smallest absolute Gasteiger partial charge is 0.226 e. The zero-order valence-corrected chi connectivity index (χ0v) is 19.1. The van der Waals surface area contributed by atoms with Crippen LogP contribution in [0.2, 0.25) is 0 Å². The van der Waals surface area contributed by atoms with E-state index in [1.165, 1.54) is 14.2 Å². The summed E-state index contributed by atoms with van der Waals surface area (Å²) in [6, 6.07) is 10.7. The molecule has 0 amide bonds. The number of aliphatic hydroxyl groups is 4. The van der Waals surface area contributed by atoms with Crippen molar-refractivity contribution in [3.8, 4) is 28.7 Å². The number of methoxy groups -OCH3 is 2. The maximum Gasteiger partial charge on any atom is 0.226 e. The number of benzene rings is 2. The third-order valence-corrected chi connectivity index (χ3v) is 5.25. The number of anilines is 1. The van der Waals surface area contributed by atoms with E-state index in [1.54, 1.807) is 23.3 Å². The first-order valence-corrected chi connectivity index (χ1v) is 10.7. The number of hydrogen-bond donors (Lipinski definition) is 5. The highest BCUT2D eigenvalue weighted by molar-refractivity contribution is 5.65. The molecule has 0 saturated carbocycles. The Morgan fingerprint density at radius 2 is 1.50 bits per heavy atom. The van der Waals surface area contributed by atoms with Crippen LogP contribution in [0.5, 0.6) is 17.2 Å². The second-order valence-corrected chi connectivity index (χ2v) is 7.79. The predicted molar refractivity (Wildman–Crippen MR) is 124 cm³/mol. The zero-order valence-electron chi connectivity index (χ0n) is 19.1. The van der Waals surface area contributed by atoms with Gasteiger partial charge in [-0.05, 0) is 29.8 Å². The minimum atomic E-state index is -0.976. The topological polar surface area (TPSA) is 149 Å². The van der Waals surface area contributed by atoms with Gasteiger partial charge in [0.2, 0.25) is 11.6 Å². The molecule has 0 fully saturated rings. The number of oxazole rings is 1. The van der Waals surface area contributed by atoms with Gasteiger partial charge in [-0.2, -0.15) is 0 Å².